The van der Waals surface area contributed by atoms with E-state index in [1.54, 1.807) is 13.1 Å². The van der Waals surface area contributed by atoms with Crippen LogP contribution in [0.3, 0.4) is 0 Å². The molecule has 0 radical (unpaired) electrons. The molecule has 0 aliphatic carbocycles. The molecule has 0 spiro atoms. The molecule has 7 heteroatoms. The third-order valence-corrected chi connectivity index (χ3v) is 4.28. The number of carbonyl (C=O) groups excluding carboxylic acids is 3. The standard InChI is InChI=1S/C15H18N4O3/c1-17-13-8(6-16)2-3-9-10(13)7-19(15(9)22)11-4-5-12(20)18-14(11)21/h2-3,11,17H,4-7,16H2,1H3,(H,18,20,21). The fourth-order valence-corrected chi connectivity index (χ4v) is 3.17. The zero-order valence-electron chi connectivity index (χ0n) is 12.3. The van der Waals surface area contributed by atoms with E-state index < -0.39 is 11.9 Å². The molecule has 7 nitrogen and oxygen atoms in total. The van der Waals surface area contributed by atoms with Gasteiger partial charge < -0.3 is 16.0 Å². The van der Waals surface area contributed by atoms with Gasteiger partial charge in [-0.1, -0.05) is 6.07 Å². The van der Waals surface area contributed by atoms with Crippen LogP contribution >= 0.6 is 0 Å². The Morgan fingerprint density at radius 2 is 2.14 bits per heavy atom. The second kappa shape index (κ2) is 5.42. The van der Waals surface area contributed by atoms with E-state index in [2.05, 4.69) is 10.6 Å². The van der Waals surface area contributed by atoms with Gasteiger partial charge in [-0.2, -0.15) is 0 Å². The Balaban J connectivity index is 1.94. The number of anilines is 1. The summed E-state index contributed by atoms with van der Waals surface area (Å²) in [5, 5.41) is 5.39. The van der Waals surface area contributed by atoms with Gasteiger partial charge in [0.1, 0.15) is 6.04 Å². The lowest BCUT2D eigenvalue weighted by Crippen LogP contribution is -2.52. The van der Waals surface area contributed by atoms with Crippen LogP contribution in [0.15, 0.2) is 12.1 Å². The average molecular weight is 302 g/mol. The molecular weight excluding hydrogens is 284 g/mol. The molecule has 4 N–H and O–H groups in total. The van der Waals surface area contributed by atoms with Gasteiger partial charge in [-0.25, -0.2) is 0 Å². The van der Waals surface area contributed by atoms with Crippen molar-refractivity contribution in [3.63, 3.8) is 0 Å². The number of rotatable bonds is 3. The van der Waals surface area contributed by atoms with Crippen molar-refractivity contribution in [2.24, 2.45) is 5.73 Å². The van der Waals surface area contributed by atoms with Gasteiger partial charge in [-0.3, -0.25) is 19.7 Å². The molecule has 2 aliphatic rings. The normalized spacial score (nSPS) is 20.9. The number of piperidine rings is 1. The molecule has 3 amide bonds. The monoisotopic (exact) mass is 302 g/mol. The van der Waals surface area contributed by atoms with Crippen molar-refractivity contribution in [2.75, 3.05) is 12.4 Å². The number of nitrogens with zero attached hydrogens (tertiary/aromatic N) is 1. The highest BCUT2D eigenvalue weighted by Gasteiger charge is 2.40. The van der Waals surface area contributed by atoms with Crippen LogP contribution in [-0.2, 0) is 22.7 Å². The highest BCUT2D eigenvalue weighted by Crippen LogP contribution is 2.34. The minimum Gasteiger partial charge on any atom is -0.388 e. The predicted molar refractivity (Wildman–Crippen MR) is 79.9 cm³/mol. The Labute approximate surface area is 127 Å². The molecule has 2 aliphatic heterocycles. The summed E-state index contributed by atoms with van der Waals surface area (Å²) < 4.78 is 0. The fourth-order valence-electron chi connectivity index (χ4n) is 3.17. The zero-order chi connectivity index (χ0) is 15.9. The second-order valence-corrected chi connectivity index (χ2v) is 5.48. The quantitative estimate of drug-likeness (QED) is 0.679. The molecule has 2 heterocycles. The second-order valence-electron chi connectivity index (χ2n) is 5.48. The van der Waals surface area contributed by atoms with Crippen LogP contribution in [0.25, 0.3) is 0 Å². The molecule has 3 rings (SSSR count). The number of nitrogens with two attached hydrogens (primary N) is 1. The summed E-state index contributed by atoms with van der Waals surface area (Å²) in [5.41, 5.74) is 8.96. The Kier molecular flexibility index (Phi) is 3.58. The molecule has 116 valence electrons. The molecule has 0 bridgehead atoms. The first-order valence-corrected chi connectivity index (χ1v) is 7.24. The van der Waals surface area contributed by atoms with Crippen molar-refractivity contribution < 1.29 is 14.4 Å². The number of amides is 3. The van der Waals surface area contributed by atoms with Crippen molar-refractivity contribution >= 4 is 23.4 Å². The van der Waals surface area contributed by atoms with Crippen LogP contribution in [0.1, 0.15) is 34.3 Å². The molecule has 1 atom stereocenters. The van der Waals surface area contributed by atoms with E-state index in [1.165, 1.54) is 4.90 Å². The minimum absolute atomic E-state index is 0.176. The van der Waals surface area contributed by atoms with Crippen LogP contribution in [-0.4, -0.2) is 35.7 Å². The summed E-state index contributed by atoms with van der Waals surface area (Å²) in [7, 11) is 1.79. The van der Waals surface area contributed by atoms with Gasteiger partial charge in [0.2, 0.25) is 11.8 Å². The van der Waals surface area contributed by atoms with Crippen LogP contribution < -0.4 is 16.4 Å². The molecule has 1 unspecified atom stereocenters. The summed E-state index contributed by atoms with van der Waals surface area (Å²) in [5.74, 6) is -0.862. The molecular formula is C15H18N4O3. The fraction of sp³-hybridized carbons (Fsp3) is 0.400. The van der Waals surface area contributed by atoms with E-state index in [0.717, 1.165) is 16.8 Å². The minimum atomic E-state index is -0.594. The van der Waals surface area contributed by atoms with Gasteiger partial charge >= 0.3 is 0 Å². The summed E-state index contributed by atoms with van der Waals surface area (Å²) in [6.45, 7) is 0.723. The van der Waals surface area contributed by atoms with Crippen LogP contribution in [0, 0.1) is 0 Å². The number of carbonyl (C=O) groups is 3. The van der Waals surface area contributed by atoms with E-state index in [9.17, 15) is 14.4 Å². The summed E-state index contributed by atoms with van der Waals surface area (Å²) in [6.07, 6.45) is 0.618. The first-order chi connectivity index (χ1) is 10.6. The summed E-state index contributed by atoms with van der Waals surface area (Å²) >= 11 is 0. The molecule has 0 aromatic heterocycles. The molecule has 22 heavy (non-hydrogen) atoms. The van der Waals surface area contributed by atoms with Gasteiger partial charge in [0.15, 0.2) is 0 Å². The number of benzene rings is 1. The van der Waals surface area contributed by atoms with Gasteiger partial charge in [0, 0.05) is 43.4 Å². The van der Waals surface area contributed by atoms with E-state index in [1.807, 2.05) is 6.07 Å². The Morgan fingerprint density at radius 1 is 1.36 bits per heavy atom. The smallest absolute Gasteiger partial charge is 0.255 e. The third-order valence-electron chi connectivity index (χ3n) is 4.28. The molecule has 1 fully saturated rings. The zero-order valence-corrected chi connectivity index (χ0v) is 12.3. The van der Waals surface area contributed by atoms with Gasteiger partial charge in [-0.15, -0.1) is 0 Å². The lowest BCUT2D eigenvalue weighted by molar-refractivity contribution is -0.136. The maximum absolute atomic E-state index is 12.6. The average Bonchev–Trinajstić information content (AvgIpc) is 2.83. The first-order valence-electron chi connectivity index (χ1n) is 7.24. The van der Waals surface area contributed by atoms with Crippen LogP contribution in [0.2, 0.25) is 0 Å². The Bertz CT molecular complexity index is 671. The molecule has 0 saturated carbocycles. The number of hydrogen-bond acceptors (Lipinski definition) is 5. The highest BCUT2D eigenvalue weighted by molar-refractivity contribution is 6.06. The first kappa shape index (κ1) is 14.5. The van der Waals surface area contributed by atoms with Gasteiger partial charge in [0.05, 0.1) is 0 Å². The highest BCUT2D eigenvalue weighted by atomic mass is 16.2. The van der Waals surface area contributed by atoms with E-state index in [0.29, 0.717) is 25.1 Å². The van der Waals surface area contributed by atoms with Crippen molar-refractivity contribution in [1.29, 1.82) is 0 Å². The van der Waals surface area contributed by atoms with Gasteiger partial charge in [0.25, 0.3) is 5.91 Å². The molecule has 1 aromatic carbocycles. The van der Waals surface area contributed by atoms with E-state index in [4.69, 9.17) is 5.73 Å². The van der Waals surface area contributed by atoms with Crippen LogP contribution in [0.5, 0.6) is 0 Å². The van der Waals surface area contributed by atoms with Crippen molar-refractivity contribution in [1.82, 2.24) is 10.2 Å². The number of hydrogen-bond donors (Lipinski definition) is 3. The largest absolute Gasteiger partial charge is 0.388 e. The predicted octanol–water partition coefficient (Wildman–Crippen LogP) is -0.0520. The number of imide groups is 1. The summed E-state index contributed by atoms with van der Waals surface area (Å²) in [4.78, 5) is 37.4. The summed E-state index contributed by atoms with van der Waals surface area (Å²) in [6, 6.07) is 2.99. The van der Waals surface area contributed by atoms with Crippen molar-refractivity contribution in [3.8, 4) is 0 Å². The molecule has 1 saturated heterocycles. The van der Waals surface area contributed by atoms with Crippen molar-refractivity contribution in [3.05, 3.63) is 28.8 Å². The molecule has 1 aromatic rings. The lowest BCUT2D eigenvalue weighted by Gasteiger charge is -2.29. The third kappa shape index (κ3) is 2.14. The maximum atomic E-state index is 12.6. The Hall–Kier alpha value is -2.41. The maximum Gasteiger partial charge on any atom is 0.255 e. The van der Waals surface area contributed by atoms with E-state index >= 15 is 0 Å². The van der Waals surface area contributed by atoms with Crippen LogP contribution in [0.4, 0.5) is 5.69 Å². The Morgan fingerprint density at radius 3 is 2.77 bits per heavy atom. The van der Waals surface area contributed by atoms with Gasteiger partial charge in [-0.05, 0) is 18.1 Å². The lowest BCUT2D eigenvalue weighted by atomic mass is 10.0. The van der Waals surface area contributed by atoms with Crippen molar-refractivity contribution in [2.45, 2.75) is 32.0 Å². The topological polar surface area (TPSA) is 105 Å². The SMILES string of the molecule is CNc1c(CN)ccc2c1CN(C1CCC(=O)NC1=O)C2=O. The van der Waals surface area contributed by atoms with E-state index in [-0.39, 0.29) is 18.2 Å². The number of nitrogens with one attached hydrogen (secondary N) is 2. The number of fused-ring (bicyclic) bond motifs is 1.